The van der Waals surface area contributed by atoms with Gasteiger partial charge in [-0.1, -0.05) is 11.6 Å². The molecule has 24 heavy (non-hydrogen) atoms. The van der Waals surface area contributed by atoms with Gasteiger partial charge < -0.3 is 16.0 Å². The number of piperidine rings is 1. The second kappa shape index (κ2) is 7.90. The van der Waals surface area contributed by atoms with Crippen molar-refractivity contribution in [3.05, 3.63) is 34.9 Å². The highest BCUT2D eigenvalue weighted by atomic mass is 35.5. The van der Waals surface area contributed by atoms with Crippen LogP contribution in [0.2, 0.25) is 5.02 Å². The minimum atomic E-state index is -3.12. The smallest absolute Gasteiger partial charge is 0.277 e. The van der Waals surface area contributed by atoms with E-state index in [1.54, 1.807) is 29.2 Å². The van der Waals surface area contributed by atoms with Crippen molar-refractivity contribution in [3.8, 4) is 0 Å². The molecule has 1 unspecified atom stereocenters. The van der Waals surface area contributed by atoms with Gasteiger partial charge in [-0.2, -0.15) is 0 Å². The number of hydrogen-bond acceptors (Lipinski definition) is 3. The quantitative estimate of drug-likeness (QED) is 0.843. The standard InChI is InChI=1S/C16H20ClF2N3O2/c17-13-5-3-11(4-6-13)15(24)22-7-1-2-12(8-22)14(23)21-10-16(18,19)9-20/h3-6,12H,1-2,7-10,20H2,(H,21,23). The van der Waals surface area contributed by atoms with Crippen LogP contribution in [0.15, 0.2) is 24.3 Å². The fourth-order valence-corrected chi connectivity index (χ4v) is 2.71. The molecule has 1 aliphatic rings. The molecule has 0 bridgehead atoms. The average Bonchev–Trinajstić information content (AvgIpc) is 2.60. The summed E-state index contributed by atoms with van der Waals surface area (Å²) in [6.45, 7) is -0.866. The van der Waals surface area contributed by atoms with Crippen LogP contribution in [0.4, 0.5) is 8.78 Å². The Morgan fingerprint density at radius 3 is 2.62 bits per heavy atom. The van der Waals surface area contributed by atoms with E-state index in [9.17, 15) is 18.4 Å². The number of halogens is 3. The monoisotopic (exact) mass is 359 g/mol. The summed E-state index contributed by atoms with van der Waals surface area (Å²) in [5.41, 5.74) is 5.43. The van der Waals surface area contributed by atoms with Crippen molar-refractivity contribution in [2.24, 2.45) is 11.7 Å². The molecule has 5 nitrogen and oxygen atoms in total. The zero-order valence-corrected chi connectivity index (χ0v) is 13.9. The topological polar surface area (TPSA) is 75.4 Å². The van der Waals surface area contributed by atoms with Gasteiger partial charge in [0.15, 0.2) is 0 Å². The molecule has 0 radical (unpaired) electrons. The SMILES string of the molecule is NCC(F)(F)CNC(=O)C1CCCN(C(=O)c2ccc(Cl)cc2)C1. The van der Waals surface area contributed by atoms with Gasteiger partial charge in [0.1, 0.15) is 0 Å². The highest BCUT2D eigenvalue weighted by Crippen LogP contribution is 2.20. The van der Waals surface area contributed by atoms with E-state index in [4.69, 9.17) is 17.3 Å². The van der Waals surface area contributed by atoms with E-state index in [0.717, 1.165) is 0 Å². The van der Waals surface area contributed by atoms with Crippen LogP contribution >= 0.6 is 11.6 Å². The molecule has 0 aromatic heterocycles. The summed E-state index contributed by atoms with van der Waals surface area (Å²) in [7, 11) is 0. The average molecular weight is 360 g/mol. The van der Waals surface area contributed by atoms with Crippen molar-refractivity contribution in [2.45, 2.75) is 18.8 Å². The zero-order valence-electron chi connectivity index (χ0n) is 13.1. The molecule has 132 valence electrons. The van der Waals surface area contributed by atoms with Crippen LogP contribution < -0.4 is 11.1 Å². The van der Waals surface area contributed by atoms with E-state index in [2.05, 4.69) is 5.32 Å². The molecule has 1 atom stereocenters. The number of rotatable bonds is 5. The fraction of sp³-hybridized carbons (Fsp3) is 0.500. The maximum atomic E-state index is 13.1. The number of hydrogen-bond donors (Lipinski definition) is 2. The predicted octanol–water partition coefficient (Wildman–Crippen LogP) is 1.90. The number of benzene rings is 1. The molecule has 0 spiro atoms. The van der Waals surface area contributed by atoms with Crippen LogP contribution in [0.5, 0.6) is 0 Å². The van der Waals surface area contributed by atoms with Crippen molar-refractivity contribution < 1.29 is 18.4 Å². The maximum Gasteiger partial charge on any atom is 0.277 e. The Morgan fingerprint density at radius 1 is 1.33 bits per heavy atom. The number of nitrogens with two attached hydrogens (primary N) is 1. The molecular formula is C16H20ClF2N3O2. The minimum absolute atomic E-state index is 0.198. The fourth-order valence-electron chi connectivity index (χ4n) is 2.58. The van der Waals surface area contributed by atoms with E-state index >= 15 is 0 Å². The lowest BCUT2D eigenvalue weighted by atomic mass is 9.96. The third kappa shape index (κ3) is 4.88. The number of amides is 2. The predicted molar refractivity (Wildman–Crippen MR) is 87.1 cm³/mol. The number of carbonyl (C=O) groups is 2. The molecule has 2 amide bonds. The van der Waals surface area contributed by atoms with Crippen LogP contribution in [0.25, 0.3) is 0 Å². The summed E-state index contributed by atoms with van der Waals surface area (Å²) in [6, 6.07) is 6.49. The highest BCUT2D eigenvalue weighted by Gasteiger charge is 2.32. The Labute approximate surface area is 144 Å². The molecule has 1 heterocycles. The Balaban J connectivity index is 1.94. The van der Waals surface area contributed by atoms with Crippen molar-refractivity contribution >= 4 is 23.4 Å². The van der Waals surface area contributed by atoms with Gasteiger partial charge in [-0.15, -0.1) is 0 Å². The van der Waals surface area contributed by atoms with Crippen LogP contribution in [-0.4, -0.2) is 48.8 Å². The Bertz CT molecular complexity index is 595. The maximum absolute atomic E-state index is 13.1. The number of alkyl halides is 2. The summed E-state index contributed by atoms with van der Waals surface area (Å²) in [6.07, 6.45) is 1.20. The zero-order chi connectivity index (χ0) is 17.7. The molecule has 1 aromatic carbocycles. The van der Waals surface area contributed by atoms with Gasteiger partial charge in [-0.05, 0) is 37.1 Å². The van der Waals surface area contributed by atoms with E-state index in [1.165, 1.54) is 0 Å². The van der Waals surface area contributed by atoms with Gasteiger partial charge >= 0.3 is 0 Å². The number of nitrogens with zero attached hydrogens (tertiary/aromatic N) is 1. The van der Waals surface area contributed by atoms with Gasteiger partial charge in [0.2, 0.25) is 5.91 Å². The number of nitrogens with one attached hydrogen (secondary N) is 1. The molecule has 1 saturated heterocycles. The van der Waals surface area contributed by atoms with Crippen molar-refractivity contribution in [1.82, 2.24) is 10.2 Å². The largest absolute Gasteiger partial charge is 0.350 e. The van der Waals surface area contributed by atoms with Crippen LogP contribution in [0, 0.1) is 5.92 Å². The van der Waals surface area contributed by atoms with E-state index < -0.39 is 30.8 Å². The molecule has 2 rings (SSSR count). The Morgan fingerprint density at radius 2 is 2.00 bits per heavy atom. The number of carbonyl (C=O) groups excluding carboxylic acids is 2. The second-order valence-corrected chi connectivity index (χ2v) is 6.31. The van der Waals surface area contributed by atoms with Gasteiger partial charge in [-0.3, -0.25) is 9.59 Å². The molecule has 1 aliphatic heterocycles. The molecule has 0 aliphatic carbocycles. The molecule has 3 N–H and O–H groups in total. The van der Waals surface area contributed by atoms with Gasteiger partial charge in [0.05, 0.1) is 19.0 Å². The molecular weight excluding hydrogens is 340 g/mol. The Hall–Kier alpha value is -1.73. The summed E-state index contributed by atoms with van der Waals surface area (Å²) >= 11 is 5.80. The highest BCUT2D eigenvalue weighted by molar-refractivity contribution is 6.30. The Kier molecular flexibility index (Phi) is 6.12. The third-order valence-corrected chi connectivity index (χ3v) is 4.24. The summed E-state index contributed by atoms with van der Waals surface area (Å²) in [5, 5.41) is 2.76. The first-order chi connectivity index (χ1) is 11.3. The van der Waals surface area contributed by atoms with Gasteiger partial charge in [0.25, 0.3) is 11.8 Å². The van der Waals surface area contributed by atoms with Crippen LogP contribution in [0.1, 0.15) is 23.2 Å². The summed E-state index contributed by atoms with van der Waals surface area (Å²) in [4.78, 5) is 26.1. The first-order valence-electron chi connectivity index (χ1n) is 7.73. The molecule has 1 aromatic rings. The van der Waals surface area contributed by atoms with Crippen LogP contribution in [0.3, 0.4) is 0 Å². The summed E-state index contributed by atoms with van der Waals surface area (Å²) in [5.74, 6) is -4.29. The van der Waals surface area contributed by atoms with Crippen LogP contribution in [-0.2, 0) is 4.79 Å². The van der Waals surface area contributed by atoms with E-state index in [0.29, 0.717) is 30.0 Å². The first kappa shape index (κ1) is 18.6. The minimum Gasteiger partial charge on any atom is -0.350 e. The molecule has 1 fully saturated rings. The lowest BCUT2D eigenvalue weighted by Gasteiger charge is -2.32. The molecule has 0 saturated carbocycles. The lowest BCUT2D eigenvalue weighted by Crippen LogP contribution is -2.48. The lowest BCUT2D eigenvalue weighted by molar-refractivity contribution is -0.128. The summed E-state index contributed by atoms with van der Waals surface area (Å²) < 4.78 is 26.2. The van der Waals surface area contributed by atoms with E-state index in [1.807, 2.05) is 0 Å². The van der Waals surface area contributed by atoms with Gasteiger partial charge in [0, 0.05) is 23.7 Å². The van der Waals surface area contributed by atoms with Crippen molar-refractivity contribution in [3.63, 3.8) is 0 Å². The van der Waals surface area contributed by atoms with E-state index in [-0.39, 0.29) is 12.5 Å². The first-order valence-corrected chi connectivity index (χ1v) is 8.10. The third-order valence-electron chi connectivity index (χ3n) is 3.99. The van der Waals surface area contributed by atoms with Gasteiger partial charge in [-0.25, -0.2) is 8.78 Å². The van der Waals surface area contributed by atoms with Crippen molar-refractivity contribution in [2.75, 3.05) is 26.2 Å². The normalized spacial score (nSPS) is 18.3. The molecule has 8 heteroatoms. The van der Waals surface area contributed by atoms with Crippen molar-refractivity contribution in [1.29, 1.82) is 0 Å². The second-order valence-electron chi connectivity index (χ2n) is 5.88. The number of likely N-dealkylation sites (tertiary alicyclic amines) is 1.